The van der Waals surface area contributed by atoms with Crippen LogP contribution in [-0.4, -0.2) is 17.8 Å². The lowest BCUT2D eigenvalue weighted by molar-refractivity contribution is -0.0777. The van der Waals surface area contributed by atoms with Crippen LogP contribution in [0.1, 0.15) is 40.0 Å². The number of nitrogens with two attached hydrogens (primary N) is 1. The molecule has 0 radical (unpaired) electrons. The average Bonchev–Trinajstić information content (AvgIpc) is 2.05. The molecular formula is C11H23NO. The van der Waals surface area contributed by atoms with Crippen LogP contribution in [0.5, 0.6) is 0 Å². The van der Waals surface area contributed by atoms with E-state index in [0.717, 1.165) is 11.8 Å². The zero-order valence-corrected chi connectivity index (χ0v) is 9.09. The molecular weight excluding hydrogens is 162 g/mol. The molecule has 3 rings (SSSR count). The molecule has 3 aliphatic carbocycles. The van der Waals surface area contributed by atoms with Gasteiger partial charge in [0.15, 0.2) is 0 Å². The highest BCUT2D eigenvalue weighted by atomic mass is 16.2. The second-order valence-electron chi connectivity index (χ2n) is 4.92. The van der Waals surface area contributed by atoms with Crippen molar-refractivity contribution in [3.8, 4) is 0 Å². The van der Waals surface area contributed by atoms with E-state index in [1.54, 1.807) is 6.92 Å². The van der Waals surface area contributed by atoms with Crippen molar-refractivity contribution in [1.29, 1.82) is 0 Å². The molecule has 3 N–H and O–H groups in total. The summed E-state index contributed by atoms with van der Waals surface area (Å²) < 4.78 is 0. The molecule has 2 bridgehead atoms. The van der Waals surface area contributed by atoms with Crippen molar-refractivity contribution in [3.05, 3.63) is 0 Å². The van der Waals surface area contributed by atoms with Crippen molar-refractivity contribution < 1.29 is 5.11 Å². The van der Waals surface area contributed by atoms with Crippen LogP contribution in [0.2, 0.25) is 0 Å². The maximum Gasteiger partial charge on any atom is 0.0402 e. The second kappa shape index (κ2) is 3.97. The normalized spacial score (nSPS) is 39.9. The Labute approximate surface area is 81.5 Å². The molecule has 0 aliphatic heterocycles. The monoisotopic (exact) mass is 185 g/mol. The van der Waals surface area contributed by atoms with E-state index in [2.05, 4.69) is 13.8 Å². The summed E-state index contributed by atoms with van der Waals surface area (Å²) in [5, 5.41) is 7.57. The molecule has 3 unspecified atom stereocenters. The predicted molar refractivity (Wildman–Crippen MR) is 55.3 cm³/mol. The van der Waals surface area contributed by atoms with Crippen molar-refractivity contribution in [3.63, 3.8) is 0 Å². The lowest BCUT2D eigenvalue weighted by atomic mass is 9.47. The van der Waals surface area contributed by atoms with Crippen LogP contribution in [0.4, 0.5) is 0 Å². The Bertz CT molecular complexity index is 165. The molecule has 0 aromatic carbocycles. The maximum atomic E-state index is 7.57. The summed E-state index contributed by atoms with van der Waals surface area (Å²) in [5.74, 6) is 1.84. The first-order chi connectivity index (χ1) is 6.04. The number of hydrogen-bond donors (Lipinski definition) is 2. The zero-order valence-electron chi connectivity index (χ0n) is 9.09. The van der Waals surface area contributed by atoms with Crippen LogP contribution in [0.3, 0.4) is 0 Å². The molecule has 0 saturated heterocycles. The van der Waals surface area contributed by atoms with Crippen LogP contribution in [0, 0.1) is 17.3 Å². The molecule has 13 heavy (non-hydrogen) atoms. The summed E-state index contributed by atoms with van der Waals surface area (Å²) >= 11 is 0. The molecule has 0 aromatic rings. The van der Waals surface area contributed by atoms with Gasteiger partial charge in [-0.2, -0.15) is 0 Å². The predicted octanol–water partition coefficient (Wildman–Crippen LogP) is 1.77. The van der Waals surface area contributed by atoms with Crippen molar-refractivity contribution in [2.24, 2.45) is 23.0 Å². The van der Waals surface area contributed by atoms with E-state index in [1.807, 2.05) is 0 Å². The maximum absolute atomic E-state index is 7.57. The average molecular weight is 185 g/mol. The molecule has 3 atom stereocenters. The molecule has 0 spiro atoms. The molecule has 2 nitrogen and oxygen atoms in total. The summed E-state index contributed by atoms with van der Waals surface area (Å²) in [4.78, 5) is 0. The van der Waals surface area contributed by atoms with Gasteiger partial charge in [0.05, 0.1) is 0 Å². The molecule has 0 amide bonds. The fraction of sp³-hybridized carbons (Fsp3) is 1.00. The Morgan fingerprint density at radius 3 is 2.15 bits per heavy atom. The lowest BCUT2D eigenvalue weighted by Crippen LogP contribution is -2.57. The first-order valence-electron chi connectivity index (χ1n) is 5.40. The molecule has 0 heterocycles. The fourth-order valence-corrected chi connectivity index (χ4v) is 2.87. The second-order valence-corrected chi connectivity index (χ2v) is 4.92. The van der Waals surface area contributed by atoms with E-state index in [9.17, 15) is 0 Å². The highest BCUT2D eigenvalue weighted by Crippen LogP contribution is 2.58. The van der Waals surface area contributed by atoms with E-state index in [4.69, 9.17) is 10.8 Å². The van der Waals surface area contributed by atoms with Crippen LogP contribution < -0.4 is 5.73 Å². The van der Waals surface area contributed by atoms with Gasteiger partial charge in [-0.15, -0.1) is 0 Å². The fourth-order valence-electron chi connectivity index (χ4n) is 2.87. The van der Waals surface area contributed by atoms with Gasteiger partial charge in [-0.25, -0.2) is 0 Å². The summed E-state index contributed by atoms with van der Waals surface area (Å²) in [6, 6.07) is 0.514. The first kappa shape index (κ1) is 11.0. The van der Waals surface area contributed by atoms with Gasteiger partial charge in [0.1, 0.15) is 0 Å². The van der Waals surface area contributed by atoms with Crippen molar-refractivity contribution in [2.45, 2.75) is 46.1 Å². The van der Waals surface area contributed by atoms with Gasteiger partial charge in [-0.05, 0) is 43.4 Å². The first-order valence-corrected chi connectivity index (χ1v) is 5.40. The van der Waals surface area contributed by atoms with Crippen LogP contribution in [0.15, 0.2) is 0 Å². The molecule has 3 aliphatic rings. The summed E-state index contributed by atoms with van der Waals surface area (Å²) in [5.41, 5.74) is 6.57. The Hall–Kier alpha value is -0.0800. The van der Waals surface area contributed by atoms with E-state index in [-0.39, 0.29) is 6.61 Å². The summed E-state index contributed by atoms with van der Waals surface area (Å²) in [7, 11) is 0. The highest BCUT2D eigenvalue weighted by Gasteiger charge is 2.53. The zero-order chi connectivity index (χ0) is 10.1. The number of hydrogen-bond acceptors (Lipinski definition) is 2. The Morgan fingerprint density at radius 2 is 1.92 bits per heavy atom. The topological polar surface area (TPSA) is 46.2 Å². The van der Waals surface area contributed by atoms with E-state index in [1.165, 1.54) is 19.3 Å². The molecule has 0 aromatic heterocycles. The largest absolute Gasteiger partial charge is 0.397 e. The van der Waals surface area contributed by atoms with E-state index >= 15 is 0 Å². The molecule has 78 valence electrons. The van der Waals surface area contributed by atoms with Crippen molar-refractivity contribution >= 4 is 0 Å². The smallest absolute Gasteiger partial charge is 0.0402 e. The summed E-state index contributed by atoms with van der Waals surface area (Å²) in [6.45, 7) is 6.69. The van der Waals surface area contributed by atoms with Gasteiger partial charge in [0.25, 0.3) is 0 Å². The minimum Gasteiger partial charge on any atom is -0.397 e. The molecule has 2 heteroatoms. The van der Waals surface area contributed by atoms with Gasteiger partial charge in [0.2, 0.25) is 0 Å². The third-order valence-corrected chi connectivity index (χ3v) is 3.91. The Balaban J connectivity index is 0.000000251. The lowest BCUT2D eigenvalue weighted by Gasteiger charge is -2.59. The molecule has 3 saturated carbocycles. The number of aliphatic hydroxyl groups excluding tert-OH is 1. The molecule has 3 fully saturated rings. The van der Waals surface area contributed by atoms with Crippen LogP contribution in [-0.2, 0) is 0 Å². The van der Waals surface area contributed by atoms with Crippen molar-refractivity contribution in [2.75, 3.05) is 6.61 Å². The van der Waals surface area contributed by atoms with Gasteiger partial charge in [-0.3, -0.25) is 0 Å². The minimum absolute atomic E-state index is 0.250. The number of rotatable bonds is 0. The van der Waals surface area contributed by atoms with Gasteiger partial charge in [-0.1, -0.05) is 13.8 Å². The highest BCUT2D eigenvalue weighted by molar-refractivity contribution is 5.04. The number of aliphatic hydroxyl groups is 1. The van der Waals surface area contributed by atoms with Crippen LogP contribution >= 0.6 is 0 Å². The van der Waals surface area contributed by atoms with Crippen LogP contribution in [0.25, 0.3) is 0 Å². The quantitative estimate of drug-likeness (QED) is 0.604. The standard InChI is InChI=1S/C9H17N.C2H6O/c1-9(2)6-3-4-8(10)7(9)5-6;1-2-3/h6-8H,3-5,10H2,1-2H3;3H,2H2,1H3. The van der Waals surface area contributed by atoms with E-state index < -0.39 is 0 Å². The number of fused-ring (bicyclic) bond motifs is 2. The van der Waals surface area contributed by atoms with Gasteiger partial charge >= 0.3 is 0 Å². The van der Waals surface area contributed by atoms with E-state index in [0.29, 0.717) is 11.5 Å². The third-order valence-electron chi connectivity index (χ3n) is 3.91. The Kier molecular flexibility index (Phi) is 3.36. The van der Waals surface area contributed by atoms with Gasteiger partial charge in [0, 0.05) is 12.6 Å². The minimum atomic E-state index is 0.250. The van der Waals surface area contributed by atoms with Crippen molar-refractivity contribution in [1.82, 2.24) is 0 Å². The summed E-state index contributed by atoms with van der Waals surface area (Å²) in [6.07, 6.45) is 4.07. The Morgan fingerprint density at radius 1 is 1.38 bits per heavy atom. The SMILES string of the molecule is CC1(C)C2CCC(N)C1C2.CCO. The third kappa shape index (κ3) is 1.89. The van der Waals surface area contributed by atoms with Gasteiger partial charge < -0.3 is 10.8 Å².